The summed E-state index contributed by atoms with van der Waals surface area (Å²) in [5.74, 6) is 0.163. The highest BCUT2D eigenvalue weighted by Gasteiger charge is 2.55. The van der Waals surface area contributed by atoms with E-state index in [1.807, 2.05) is 23.9 Å². The van der Waals surface area contributed by atoms with Crippen molar-refractivity contribution in [3.63, 3.8) is 0 Å². The molecular weight excluding hydrogens is 846 g/mol. The number of thioether (sulfide) groups is 2. The zero-order chi connectivity index (χ0) is 42.5. The lowest BCUT2D eigenvalue weighted by atomic mass is 9.92. The van der Waals surface area contributed by atoms with Gasteiger partial charge >= 0.3 is 7.82 Å². The first-order chi connectivity index (χ1) is 26.8. The summed E-state index contributed by atoms with van der Waals surface area (Å²) >= 11 is 15.1. The number of phosphoric acid groups is 1. The summed E-state index contributed by atoms with van der Waals surface area (Å²) in [6.07, 6.45) is -4.26. The Balaban J connectivity index is 1.43. The number of ether oxygens (including phenoxy) is 2. The third kappa shape index (κ3) is 12.1. The molecule has 21 heteroatoms. The number of carbonyl (C=O) groups excluding carboxylic acids is 2. The Labute approximate surface area is 355 Å². The standard InChI is InChI=1S/C36H65Cl2N4O12PS2/c1-9-11-19-13-21(41(5)15-19)33(47)39-23(17(3)37)29-25(43)27(45)31(35(51-29)56-7)53-55(49,50)54-32-28(46)26(44)30(52-36(32)57-8)24(18(4)38)40-34(48)22-14-20(12-10-2)16-42(22)6/h17-32,35-36,43-46H,9-16H2,1-8H3,(H,39,47)(H,40,48)(H,49,50)/t17-,18-,19+,20+,21-,22-,23+,24+,25+,26+,27-,28-,29+,30+,31+,32+,35+,36+/m0/s1. The van der Waals surface area contributed by atoms with E-state index >= 15 is 0 Å². The number of likely N-dealkylation sites (N-methyl/N-ethyl adjacent to an activating group) is 2. The monoisotopic (exact) mass is 910 g/mol. The number of rotatable bonds is 18. The van der Waals surface area contributed by atoms with Crippen LogP contribution in [0.4, 0.5) is 0 Å². The summed E-state index contributed by atoms with van der Waals surface area (Å²) < 4.78 is 36.9. The van der Waals surface area contributed by atoms with Gasteiger partial charge in [-0.1, -0.05) is 26.7 Å². The van der Waals surface area contributed by atoms with Crippen LogP contribution in [-0.4, -0.2) is 181 Å². The number of carbonyl (C=O) groups is 2. The van der Waals surface area contributed by atoms with E-state index in [1.54, 1.807) is 26.4 Å². The van der Waals surface area contributed by atoms with Crippen LogP contribution in [0.1, 0.15) is 66.2 Å². The molecule has 4 heterocycles. The van der Waals surface area contributed by atoms with Crippen LogP contribution >= 0.6 is 54.5 Å². The number of phosphoric ester groups is 1. The van der Waals surface area contributed by atoms with E-state index in [9.17, 15) is 39.5 Å². The highest BCUT2D eigenvalue weighted by atomic mass is 35.5. The van der Waals surface area contributed by atoms with Crippen molar-refractivity contribution in [1.82, 2.24) is 20.4 Å². The van der Waals surface area contributed by atoms with Crippen LogP contribution in [-0.2, 0) is 32.7 Å². The minimum Gasteiger partial charge on any atom is -0.388 e. The van der Waals surface area contributed by atoms with Crippen molar-refractivity contribution in [2.45, 2.75) is 161 Å². The Morgan fingerprint density at radius 3 is 1.40 bits per heavy atom. The molecule has 4 aliphatic heterocycles. The van der Waals surface area contributed by atoms with Gasteiger partial charge < -0.3 is 45.4 Å². The second-order valence-corrected chi connectivity index (χ2v) is 20.7. The van der Waals surface area contributed by atoms with E-state index in [-0.39, 0.29) is 11.8 Å². The van der Waals surface area contributed by atoms with E-state index in [1.165, 1.54) is 0 Å². The molecule has 4 aliphatic rings. The van der Waals surface area contributed by atoms with Crippen molar-refractivity contribution in [3.05, 3.63) is 0 Å². The third-order valence-corrected chi connectivity index (χ3v) is 15.0. The maximum atomic E-state index is 13.6. The Kier molecular flexibility index (Phi) is 19.1. The van der Waals surface area contributed by atoms with E-state index in [0.717, 1.165) is 62.3 Å². The third-order valence-electron chi connectivity index (χ3n) is 11.7. The molecule has 16 nitrogen and oxygen atoms in total. The molecule has 2 amide bonds. The molecule has 18 atom stereocenters. The smallest absolute Gasteiger partial charge is 0.388 e. The summed E-state index contributed by atoms with van der Waals surface area (Å²) in [7, 11) is -1.47. The van der Waals surface area contributed by atoms with E-state index in [4.69, 9.17) is 41.7 Å². The van der Waals surface area contributed by atoms with Crippen molar-refractivity contribution in [2.75, 3.05) is 39.7 Å². The number of amides is 2. The van der Waals surface area contributed by atoms with E-state index in [2.05, 4.69) is 24.5 Å². The zero-order valence-electron chi connectivity index (χ0n) is 34.1. The molecule has 0 radical (unpaired) electrons. The first kappa shape index (κ1) is 49.7. The van der Waals surface area contributed by atoms with Gasteiger partial charge in [-0.15, -0.1) is 46.7 Å². The lowest BCUT2D eigenvalue weighted by molar-refractivity contribution is -0.214. The highest BCUT2D eigenvalue weighted by molar-refractivity contribution is 7.99. The molecule has 4 fully saturated rings. The molecule has 0 aliphatic carbocycles. The molecule has 0 aromatic heterocycles. The van der Waals surface area contributed by atoms with Crippen molar-refractivity contribution in [2.24, 2.45) is 11.8 Å². The molecule has 7 N–H and O–H groups in total. The predicted molar refractivity (Wildman–Crippen MR) is 221 cm³/mol. The molecular formula is C36H65Cl2N4O12PS2. The first-order valence-corrected chi connectivity index (χ1v) is 24.8. The number of hydrogen-bond donors (Lipinski definition) is 7. The molecule has 0 spiro atoms. The van der Waals surface area contributed by atoms with Crippen LogP contribution < -0.4 is 10.6 Å². The summed E-state index contributed by atoms with van der Waals surface area (Å²) in [5, 5.41) is 49.7. The molecule has 4 saturated heterocycles. The van der Waals surface area contributed by atoms with Gasteiger partial charge in [-0.3, -0.25) is 28.4 Å². The second-order valence-electron chi connectivity index (χ2n) is 16.1. The fraction of sp³-hybridized carbons (Fsp3) is 0.944. The van der Waals surface area contributed by atoms with Gasteiger partial charge in [0.25, 0.3) is 0 Å². The van der Waals surface area contributed by atoms with Gasteiger partial charge in [0.2, 0.25) is 11.8 Å². The summed E-state index contributed by atoms with van der Waals surface area (Å²) in [5.41, 5.74) is -2.31. The minimum atomic E-state index is -5.23. The molecule has 0 saturated carbocycles. The normalized spacial score (nSPS) is 39.1. The van der Waals surface area contributed by atoms with E-state index in [0.29, 0.717) is 24.7 Å². The zero-order valence-corrected chi connectivity index (χ0v) is 38.1. The number of aliphatic hydroxyl groups excluding tert-OH is 4. The van der Waals surface area contributed by atoms with Gasteiger partial charge in [0.1, 0.15) is 59.7 Å². The molecule has 0 aromatic carbocycles. The Bertz CT molecular complexity index is 1270. The van der Waals surface area contributed by atoms with Gasteiger partial charge in [0.05, 0.1) is 34.9 Å². The molecule has 332 valence electrons. The SMILES string of the molecule is CCC[C@@H]1C[C@@H](C(=O)N[C@@H]([C@H]2O[C@H](SC)[C@H](OP(=O)(O)O[C@@H]3[C@@H](O)[C@@H](O)[C@@H]([C@H](NC(=O)[C@@H]4C[C@@H](CCC)CN4C)[C@H](C)Cl)O[C@@H]3SC)[C@@H](O)[C@H]2O)[C@H](C)Cl)N(C)C1. The predicted octanol–water partition coefficient (Wildman–Crippen LogP) is 1.94. The van der Waals surface area contributed by atoms with Gasteiger partial charge in [-0.25, -0.2) is 4.57 Å². The average Bonchev–Trinajstić information content (AvgIpc) is 3.71. The lowest BCUT2D eigenvalue weighted by Crippen LogP contribution is -2.66. The molecule has 0 aromatic rings. The number of nitrogens with one attached hydrogen (secondary N) is 2. The van der Waals surface area contributed by atoms with Crippen LogP contribution in [0, 0.1) is 11.8 Å². The van der Waals surface area contributed by atoms with Crippen LogP contribution in [0.15, 0.2) is 0 Å². The quantitative estimate of drug-likeness (QED) is 0.0772. The molecule has 0 unspecified atom stereocenters. The number of nitrogens with zero attached hydrogens (tertiary/aromatic N) is 2. The van der Waals surface area contributed by atoms with Crippen molar-refractivity contribution < 1.29 is 58.0 Å². The average molecular weight is 912 g/mol. The number of aliphatic hydroxyl groups is 4. The van der Waals surface area contributed by atoms with Gasteiger partial charge in [-0.05, 0) is 78.0 Å². The first-order valence-electron chi connectivity index (χ1n) is 19.9. The van der Waals surface area contributed by atoms with Crippen LogP contribution in [0.25, 0.3) is 0 Å². The lowest BCUT2D eigenvalue weighted by Gasteiger charge is -2.47. The minimum absolute atomic E-state index is 0.288. The Hall–Kier alpha value is 0.01000. The fourth-order valence-corrected chi connectivity index (χ4v) is 11.9. The Morgan fingerprint density at radius 1 is 0.754 bits per heavy atom. The summed E-state index contributed by atoms with van der Waals surface area (Å²) in [6, 6.07) is -2.73. The molecule has 0 bridgehead atoms. The number of alkyl halides is 2. The summed E-state index contributed by atoms with van der Waals surface area (Å²) in [4.78, 5) is 42.0. The number of hydrogen-bond acceptors (Lipinski definition) is 15. The second kappa shape index (κ2) is 21.9. The van der Waals surface area contributed by atoms with Crippen molar-refractivity contribution in [3.8, 4) is 0 Å². The number of halogens is 2. The van der Waals surface area contributed by atoms with Gasteiger partial charge in [-0.2, -0.15) is 0 Å². The van der Waals surface area contributed by atoms with Crippen molar-refractivity contribution in [1.29, 1.82) is 0 Å². The van der Waals surface area contributed by atoms with Crippen LogP contribution in [0.3, 0.4) is 0 Å². The largest absolute Gasteiger partial charge is 0.473 e. The topological polar surface area (TPSA) is 220 Å². The number of likely N-dealkylation sites (tertiary alicyclic amines) is 2. The maximum absolute atomic E-state index is 13.6. The highest BCUT2D eigenvalue weighted by Crippen LogP contribution is 2.51. The maximum Gasteiger partial charge on any atom is 0.473 e. The van der Waals surface area contributed by atoms with Crippen LogP contribution in [0.2, 0.25) is 0 Å². The Morgan fingerprint density at radius 2 is 1.11 bits per heavy atom. The van der Waals surface area contributed by atoms with E-state index < -0.39 is 102 Å². The molecule has 57 heavy (non-hydrogen) atoms. The fourth-order valence-electron chi connectivity index (χ4n) is 8.75. The van der Waals surface area contributed by atoms with Crippen LogP contribution in [0.5, 0.6) is 0 Å². The van der Waals surface area contributed by atoms with Gasteiger partial charge in [0.15, 0.2) is 0 Å². The van der Waals surface area contributed by atoms with Crippen molar-refractivity contribution >= 4 is 66.4 Å². The molecule has 4 rings (SSSR count). The summed E-state index contributed by atoms with van der Waals surface area (Å²) in [6.45, 7) is 8.99. The van der Waals surface area contributed by atoms with Gasteiger partial charge in [0, 0.05) is 13.1 Å².